The van der Waals surface area contributed by atoms with Crippen LogP contribution in [0.25, 0.3) is 5.69 Å². The van der Waals surface area contributed by atoms with Gasteiger partial charge in [-0.3, -0.25) is 9.78 Å². The van der Waals surface area contributed by atoms with Crippen LogP contribution in [0.1, 0.15) is 23.4 Å². The summed E-state index contributed by atoms with van der Waals surface area (Å²) in [6.07, 6.45) is -2.72. The van der Waals surface area contributed by atoms with E-state index in [1.807, 2.05) is 6.92 Å². The van der Waals surface area contributed by atoms with Gasteiger partial charge in [-0.15, -0.1) is 5.10 Å². The van der Waals surface area contributed by atoms with Gasteiger partial charge in [0.2, 0.25) is 0 Å². The van der Waals surface area contributed by atoms with Crippen molar-refractivity contribution in [1.29, 1.82) is 0 Å². The van der Waals surface area contributed by atoms with Gasteiger partial charge >= 0.3 is 12.1 Å². The average Bonchev–Trinajstić information content (AvgIpc) is 3.02. The Bertz CT molecular complexity index is 999. The lowest BCUT2D eigenvalue weighted by Gasteiger charge is -2.09. The molecule has 0 aliphatic carbocycles. The van der Waals surface area contributed by atoms with Gasteiger partial charge in [0, 0.05) is 35.8 Å². The Balaban J connectivity index is 1.94. The number of aryl methyl sites for hydroxylation is 2. The Hall–Kier alpha value is -3.36. The summed E-state index contributed by atoms with van der Waals surface area (Å²) in [5, 5.41) is 16.2. The van der Waals surface area contributed by atoms with Gasteiger partial charge in [0.25, 0.3) is 0 Å². The topological polar surface area (TPSA) is 80.0 Å². The molecule has 0 saturated carbocycles. The Kier molecular flexibility index (Phi) is 5.34. The van der Waals surface area contributed by atoms with E-state index < -0.39 is 17.7 Å². The number of alkyl halides is 3. The summed E-state index contributed by atoms with van der Waals surface area (Å²) in [5.74, 6) is -0.639. The van der Waals surface area contributed by atoms with Crippen LogP contribution in [0.15, 0.2) is 48.7 Å². The van der Waals surface area contributed by atoms with Crippen molar-refractivity contribution in [3.63, 3.8) is 0 Å². The minimum absolute atomic E-state index is 0.0985. The second-order valence-electron chi connectivity index (χ2n) is 6.19. The average molecular weight is 390 g/mol. The number of benzene rings is 1. The first-order valence-corrected chi connectivity index (χ1v) is 8.40. The highest BCUT2D eigenvalue weighted by Gasteiger charge is 2.30. The van der Waals surface area contributed by atoms with Gasteiger partial charge in [0.1, 0.15) is 0 Å². The van der Waals surface area contributed by atoms with E-state index in [9.17, 15) is 18.0 Å². The van der Waals surface area contributed by atoms with Crippen LogP contribution in [0.3, 0.4) is 0 Å². The van der Waals surface area contributed by atoms with Crippen molar-refractivity contribution in [1.82, 2.24) is 14.8 Å². The summed E-state index contributed by atoms with van der Waals surface area (Å²) < 4.78 is 40.3. The van der Waals surface area contributed by atoms with Crippen LogP contribution in [-0.2, 0) is 17.4 Å². The summed E-state index contributed by atoms with van der Waals surface area (Å²) in [6, 6.07) is 9.92. The molecule has 0 unspecified atom stereocenters. The molecule has 0 atom stereocenters. The third-order valence-electron chi connectivity index (χ3n) is 3.97. The number of hydrogen-bond donors (Lipinski definition) is 2. The number of carboxylic acids is 1. The summed E-state index contributed by atoms with van der Waals surface area (Å²) in [5.41, 5.74) is 1.51. The number of halogens is 3. The predicted molar refractivity (Wildman–Crippen MR) is 96.8 cm³/mol. The van der Waals surface area contributed by atoms with Gasteiger partial charge in [0.05, 0.1) is 17.7 Å². The molecule has 0 fully saturated rings. The molecule has 0 aliphatic rings. The highest BCUT2D eigenvalue weighted by molar-refractivity contribution is 5.67. The molecule has 0 aliphatic heterocycles. The molecule has 2 aromatic heterocycles. The SMILES string of the molecule is Cc1cc(-n2nc(Nc3cccc(C(F)(F)F)c3)cc2CCC(=O)O)ccn1. The van der Waals surface area contributed by atoms with Crippen molar-refractivity contribution >= 4 is 17.5 Å². The molecular weight excluding hydrogens is 373 g/mol. The molecule has 6 nitrogen and oxygen atoms in total. The monoisotopic (exact) mass is 390 g/mol. The first-order valence-electron chi connectivity index (χ1n) is 8.40. The normalized spacial score (nSPS) is 11.4. The summed E-state index contributed by atoms with van der Waals surface area (Å²) in [4.78, 5) is 15.1. The number of rotatable bonds is 6. The molecule has 3 rings (SSSR count). The van der Waals surface area contributed by atoms with E-state index in [4.69, 9.17) is 5.11 Å². The number of nitrogens with zero attached hydrogens (tertiary/aromatic N) is 3. The molecule has 3 aromatic rings. The number of carboxylic acid groups (broad SMARTS) is 1. The number of carbonyl (C=O) groups is 1. The fourth-order valence-electron chi connectivity index (χ4n) is 2.70. The minimum atomic E-state index is -4.45. The molecular formula is C19H17F3N4O2. The number of aromatic nitrogens is 3. The fraction of sp³-hybridized carbons (Fsp3) is 0.211. The number of hydrogen-bond acceptors (Lipinski definition) is 4. The third-order valence-corrected chi connectivity index (χ3v) is 3.97. The van der Waals surface area contributed by atoms with Crippen LogP contribution in [0.5, 0.6) is 0 Å². The number of pyridine rings is 1. The summed E-state index contributed by atoms with van der Waals surface area (Å²) >= 11 is 0. The van der Waals surface area contributed by atoms with Crippen LogP contribution in [0, 0.1) is 6.92 Å². The Morgan fingerprint density at radius 1 is 1.21 bits per heavy atom. The van der Waals surface area contributed by atoms with E-state index in [1.165, 1.54) is 12.1 Å². The van der Waals surface area contributed by atoms with Crippen LogP contribution in [0.2, 0.25) is 0 Å². The van der Waals surface area contributed by atoms with E-state index in [-0.39, 0.29) is 18.5 Å². The zero-order valence-electron chi connectivity index (χ0n) is 14.9. The van der Waals surface area contributed by atoms with E-state index in [0.717, 1.165) is 17.8 Å². The molecule has 0 bridgehead atoms. The smallest absolute Gasteiger partial charge is 0.416 e. The summed E-state index contributed by atoms with van der Waals surface area (Å²) in [6.45, 7) is 1.81. The van der Waals surface area contributed by atoms with Crippen molar-refractivity contribution in [3.05, 3.63) is 65.6 Å². The molecule has 0 saturated heterocycles. The molecule has 28 heavy (non-hydrogen) atoms. The van der Waals surface area contributed by atoms with Gasteiger partial charge in [-0.05, 0) is 37.3 Å². The van der Waals surface area contributed by atoms with E-state index in [0.29, 0.717) is 17.2 Å². The predicted octanol–water partition coefficient (Wildman–Crippen LogP) is 4.36. The Morgan fingerprint density at radius 3 is 2.68 bits per heavy atom. The van der Waals surface area contributed by atoms with E-state index >= 15 is 0 Å². The van der Waals surface area contributed by atoms with Gasteiger partial charge in [-0.2, -0.15) is 13.2 Å². The highest BCUT2D eigenvalue weighted by Crippen LogP contribution is 2.31. The molecule has 1 aromatic carbocycles. The maximum absolute atomic E-state index is 12.9. The van der Waals surface area contributed by atoms with Crippen molar-refractivity contribution in [2.45, 2.75) is 25.9 Å². The molecule has 2 heterocycles. The van der Waals surface area contributed by atoms with Crippen LogP contribution in [-0.4, -0.2) is 25.8 Å². The number of anilines is 2. The van der Waals surface area contributed by atoms with Crippen LogP contribution < -0.4 is 5.32 Å². The first kappa shape index (κ1) is 19.4. The summed E-state index contributed by atoms with van der Waals surface area (Å²) in [7, 11) is 0. The first-order chi connectivity index (χ1) is 13.2. The van der Waals surface area contributed by atoms with Gasteiger partial charge in [-0.25, -0.2) is 4.68 Å². The molecule has 0 radical (unpaired) electrons. The van der Waals surface area contributed by atoms with Crippen molar-refractivity contribution in [2.24, 2.45) is 0 Å². The minimum Gasteiger partial charge on any atom is -0.481 e. The van der Waals surface area contributed by atoms with Crippen LogP contribution >= 0.6 is 0 Å². The lowest BCUT2D eigenvalue weighted by molar-refractivity contribution is -0.138. The van der Waals surface area contributed by atoms with E-state index in [1.54, 1.807) is 29.1 Å². The lowest BCUT2D eigenvalue weighted by atomic mass is 10.2. The van der Waals surface area contributed by atoms with Gasteiger partial charge in [0.15, 0.2) is 5.82 Å². The maximum atomic E-state index is 12.9. The molecule has 146 valence electrons. The second-order valence-corrected chi connectivity index (χ2v) is 6.19. The van der Waals surface area contributed by atoms with Crippen LogP contribution in [0.4, 0.5) is 24.7 Å². The standard InChI is InChI=1S/C19H17F3N4O2/c1-12-9-16(7-8-23-12)26-15(5-6-18(27)28)11-17(25-26)24-14-4-2-3-13(10-14)19(20,21)22/h2-4,7-11H,5-6H2,1H3,(H,24,25)(H,27,28). The lowest BCUT2D eigenvalue weighted by Crippen LogP contribution is -2.06. The number of nitrogens with one attached hydrogen (secondary N) is 1. The zero-order chi connectivity index (χ0) is 20.3. The van der Waals surface area contributed by atoms with Gasteiger partial charge in [-0.1, -0.05) is 6.07 Å². The largest absolute Gasteiger partial charge is 0.481 e. The third kappa shape index (κ3) is 4.67. The zero-order valence-corrected chi connectivity index (χ0v) is 14.9. The van der Waals surface area contributed by atoms with Crippen molar-refractivity contribution < 1.29 is 23.1 Å². The molecule has 0 spiro atoms. The molecule has 2 N–H and O–H groups in total. The Labute approximate surface area is 158 Å². The Morgan fingerprint density at radius 2 is 2.00 bits per heavy atom. The van der Waals surface area contributed by atoms with Gasteiger partial charge < -0.3 is 10.4 Å². The van der Waals surface area contributed by atoms with E-state index in [2.05, 4.69) is 15.4 Å². The maximum Gasteiger partial charge on any atom is 0.416 e. The van der Waals surface area contributed by atoms with Crippen molar-refractivity contribution in [3.8, 4) is 5.69 Å². The second kappa shape index (κ2) is 7.71. The molecule has 0 amide bonds. The molecule has 9 heteroatoms. The van der Waals surface area contributed by atoms with Crippen molar-refractivity contribution in [2.75, 3.05) is 5.32 Å². The quantitative estimate of drug-likeness (QED) is 0.654. The highest BCUT2D eigenvalue weighted by atomic mass is 19.4. The fourth-order valence-corrected chi connectivity index (χ4v) is 2.70. The number of aliphatic carboxylic acids is 1.